The Morgan fingerprint density at radius 2 is 2.06 bits per heavy atom. The van der Waals surface area contributed by atoms with Gasteiger partial charge >= 0.3 is 0 Å². The fraction of sp³-hybridized carbons (Fsp3) is 1.00. The zero-order chi connectivity index (χ0) is 13.6. The fourth-order valence-electron chi connectivity index (χ4n) is 2.33. The van der Waals surface area contributed by atoms with Crippen LogP contribution in [-0.2, 0) is 10.0 Å². The smallest absolute Gasteiger partial charge is 0.214 e. The lowest BCUT2D eigenvalue weighted by Gasteiger charge is -2.30. The Hall–Kier alpha value is -0.130. The highest BCUT2D eigenvalue weighted by atomic mass is 32.2. The molecule has 1 unspecified atom stereocenters. The van der Waals surface area contributed by atoms with Crippen molar-refractivity contribution in [2.75, 3.05) is 25.4 Å². The second kappa shape index (κ2) is 7.46. The Labute approximate surface area is 112 Å². The Morgan fingerprint density at radius 1 is 1.33 bits per heavy atom. The van der Waals surface area contributed by atoms with E-state index in [1.807, 2.05) is 0 Å². The summed E-state index contributed by atoms with van der Waals surface area (Å²) in [5.74, 6) is 0.815. The molecule has 108 valence electrons. The number of piperidine rings is 1. The summed E-state index contributed by atoms with van der Waals surface area (Å²) in [4.78, 5) is 0. The van der Waals surface area contributed by atoms with E-state index in [2.05, 4.69) is 26.1 Å². The van der Waals surface area contributed by atoms with Gasteiger partial charge in [-0.25, -0.2) is 12.7 Å². The van der Waals surface area contributed by atoms with E-state index in [9.17, 15) is 8.42 Å². The van der Waals surface area contributed by atoms with Crippen molar-refractivity contribution in [3.63, 3.8) is 0 Å². The SMILES string of the molecule is CC1CCCN(S(=O)(=O)CCCCNC(C)C)C1. The van der Waals surface area contributed by atoms with Gasteiger partial charge in [-0.3, -0.25) is 0 Å². The van der Waals surface area contributed by atoms with Crippen LogP contribution in [0.4, 0.5) is 0 Å². The zero-order valence-electron chi connectivity index (χ0n) is 12.0. The van der Waals surface area contributed by atoms with Crippen LogP contribution >= 0.6 is 0 Å². The summed E-state index contributed by atoms with van der Waals surface area (Å²) < 4.78 is 26.0. The van der Waals surface area contributed by atoms with Crippen molar-refractivity contribution in [1.82, 2.24) is 9.62 Å². The van der Waals surface area contributed by atoms with Gasteiger partial charge in [-0.15, -0.1) is 0 Å². The van der Waals surface area contributed by atoms with E-state index in [0.717, 1.165) is 38.8 Å². The van der Waals surface area contributed by atoms with Crippen LogP contribution in [0.1, 0.15) is 46.5 Å². The number of rotatable bonds is 7. The van der Waals surface area contributed by atoms with Gasteiger partial charge in [0.25, 0.3) is 0 Å². The normalized spacial score (nSPS) is 22.6. The molecular formula is C13H28N2O2S. The molecule has 0 aromatic rings. The lowest BCUT2D eigenvalue weighted by molar-refractivity contribution is 0.281. The Balaban J connectivity index is 2.26. The first-order valence-corrected chi connectivity index (χ1v) is 8.74. The van der Waals surface area contributed by atoms with Crippen LogP contribution in [0.5, 0.6) is 0 Å². The van der Waals surface area contributed by atoms with E-state index in [0.29, 0.717) is 24.3 Å². The van der Waals surface area contributed by atoms with Crippen LogP contribution < -0.4 is 5.32 Å². The molecule has 4 nitrogen and oxygen atoms in total. The molecule has 1 rings (SSSR count). The Morgan fingerprint density at radius 3 is 2.67 bits per heavy atom. The molecule has 1 aliphatic rings. The molecular weight excluding hydrogens is 248 g/mol. The van der Waals surface area contributed by atoms with Crippen molar-refractivity contribution in [1.29, 1.82) is 0 Å². The standard InChI is InChI=1S/C13H28N2O2S/c1-12(2)14-8-4-5-10-18(16,17)15-9-6-7-13(3)11-15/h12-14H,4-11H2,1-3H3. The number of hydrogen-bond donors (Lipinski definition) is 1. The minimum absolute atomic E-state index is 0.305. The molecule has 0 amide bonds. The maximum atomic E-state index is 12.1. The molecule has 0 aromatic carbocycles. The summed E-state index contributed by atoms with van der Waals surface area (Å²) in [5.41, 5.74) is 0. The summed E-state index contributed by atoms with van der Waals surface area (Å²) in [6.07, 6.45) is 3.85. The minimum atomic E-state index is -3.01. The van der Waals surface area contributed by atoms with Crippen molar-refractivity contribution in [2.45, 2.75) is 52.5 Å². The molecule has 0 bridgehead atoms. The first-order valence-electron chi connectivity index (χ1n) is 7.13. The van der Waals surface area contributed by atoms with Gasteiger partial charge in [0.1, 0.15) is 0 Å². The number of sulfonamides is 1. The number of nitrogens with zero attached hydrogens (tertiary/aromatic N) is 1. The van der Waals surface area contributed by atoms with Crippen LogP contribution in [0.25, 0.3) is 0 Å². The van der Waals surface area contributed by atoms with Gasteiger partial charge in [0.15, 0.2) is 0 Å². The quantitative estimate of drug-likeness (QED) is 0.722. The molecule has 1 aliphatic heterocycles. The van der Waals surface area contributed by atoms with Crippen LogP contribution in [0.2, 0.25) is 0 Å². The second-order valence-corrected chi connectivity index (χ2v) is 7.83. The summed E-state index contributed by atoms with van der Waals surface area (Å²) in [5, 5.41) is 3.31. The predicted molar refractivity (Wildman–Crippen MR) is 76.1 cm³/mol. The molecule has 0 saturated carbocycles. The van der Waals surface area contributed by atoms with Crippen molar-refractivity contribution < 1.29 is 8.42 Å². The first kappa shape index (κ1) is 15.9. The third-order valence-electron chi connectivity index (χ3n) is 3.39. The van der Waals surface area contributed by atoms with Gasteiger partial charge in [-0.05, 0) is 38.1 Å². The van der Waals surface area contributed by atoms with Crippen molar-refractivity contribution in [3.05, 3.63) is 0 Å². The molecule has 5 heteroatoms. The monoisotopic (exact) mass is 276 g/mol. The van der Waals surface area contributed by atoms with Crippen LogP contribution in [-0.4, -0.2) is 44.2 Å². The van der Waals surface area contributed by atoms with E-state index in [4.69, 9.17) is 0 Å². The molecule has 1 heterocycles. The van der Waals surface area contributed by atoms with E-state index >= 15 is 0 Å². The van der Waals surface area contributed by atoms with Crippen molar-refractivity contribution >= 4 is 10.0 Å². The van der Waals surface area contributed by atoms with Crippen LogP contribution in [0.3, 0.4) is 0 Å². The van der Waals surface area contributed by atoms with Gasteiger partial charge in [0.2, 0.25) is 10.0 Å². The minimum Gasteiger partial charge on any atom is -0.315 e. The molecule has 0 aromatic heterocycles. The highest BCUT2D eigenvalue weighted by Crippen LogP contribution is 2.19. The maximum absolute atomic E-state index is 12.1. The van der Waals surface area contributed by atoms with Gasteiger partial charge in [0, 0.05) is 19.1 Å². The third kappa shape index (κ3) is 5.67. The number of nitrogens with one attached hydrogen (secondary N) is 1. The lowest BCUT2D eigenvalue weighted by atomic mass is 10.0. The summed E-state index contributed by atoms with van der Waals surface area (Å²) in [7, 11) is -3.01. The first-order chi connectivity index (χ1) is 8.42. The topological polar surface area (TPSA) is 49.4 Å². The van der Waals surface area contributed by atoms with Crippen molar-refractivity contribution in [2.24, 2.45) is 5.92 Å². The fourth-order valence-corrected chi connectivity index (χ4v) is 4.04. The van der Waals surface area contributed by atoms with Crippen molar-refractivity contribution in [3.8, 4) is 0 Å². The number of unbranched alkanes of at least 4 members (excludes halogenated alkanes) is 1. The molecule has 1 atom stereocenters. The Bertz CT molecular complexity index is 328. The third-order valence-corrected chi connectivity index (χ3v) is 5.32. The molecule has 1 N–H and O–H groups in total. The molecule has 1 saturated heterocycles. The average Bonchev–Trinajstić information content (AvgIpc) is 2.28. The van der Waals surface area contributed by atoms with E-state index in [-0.39, 0.29) is 0 Å². The maximum Gasteiger partial charge on any atom is 0.214 e. The van der Waals surface area contributed by atoms with E-state index < -0.39 is 10.0 Å². The van der Waals surface area contributed by atoms with Gasteiger partial charge < -0.3 is 5.32 Å². The zero-order valence-corrected chi connectivity index (χ0v) is 12.8. The Kier molecular flexibility index (Phi) is 6.60. The van der Waals surface area contributed by atoms with E-state index in [1.165, 1.54) is 0 Å². The molecule has 18 heavy (non-hydrogen) atoms. The molecule has 0 radical (unpaired) electrons. The van der Waals surface area contributed by atoms with E-state index in [1.54, 1.807) is 4.31 Å². The summed E-state index contributed by atoms with van der Waals surface area (Å²) in [6.45, 7) is 8.68. The predicted octanol–water partition coefficient (Wildman–Crippen LogP) is 1.83. The largest absolute Gasteiger partial charge is 0.315 e. The molecule has 0 spiro atoms. The summed E-state index contributed by atoms with van der Waals surface area (Å²) >= 11 is 0. The average molecular weight is 276 g/mol. The van der Waals surface area contributed by atoms with Crippen LogP contribution in [0.15, 0.2) is 0 Å². The highest BCUT2D eigenvalue weighted by molar-refractivity contribution is 7.89. The molecule has 1 fully saturated rings. The van der Waals surface area contributed by atoms with Gasteiger partial charge in [-0.1, -0.05) is 20.8 Å². The van der Waals surface area contributed by atoms with Gasteiger partial charge in [-0.2, -0.15) is 0 Å². The highest BCUT2D eigenvalue weighted by Gasteiger charge is 2.26. The summed E-state index contributed by atoms with van der Waals surface area (Å²) in [6, 6.07) is 0.476. The van der Waals surface area contributed by atoms with Gasteiger partial charge in [0.05, 0.1) is 5.75 Å². The number of hydrogen-bond acceptors (Lipinski definition) is 3. The van der Waals surface area contributed by atoms with Crippen LogP contribution in [0, 0.1) is 5.92 Å². The lowest BCUT2D eigenvalue weighted by Crippen LogP contribution is -2.40. The second-order valence-electron chi connectivity index (χ2n) is 5.74. The molecule has 0 aliphatic carbocycles.